The van der Waals surface area contributed by atoms with Crippen molar-refractivity contribution in [1.29, 1.82) is 10.5 Å². The number of carbonyl (C=O) groups excluding carboxylic acids is 1. The van der Waals surface area contributed by atoms with Gasteiger partial charge in [-0.25, -0.2) is 4.79 Å². The second-order valence-corrected chi connectivity index (χ2v) is 8.03. The first-order valence-corrected chi connectivity index (χ1v) is 10.8. The molecule has 2 aliphatic rings. The van der Waals surface area contributed by atoms with Crippen LogP contribution < -0.4 is 4.74 Å². The first kappa shape index (κ1) is 21.6. The van der Waals surface area contributed by atoms with Gasteiger partial charge in [-0.3, -0.25) is 9.88 Å². The van der Waals surface area contributed by atoms with E-state index in [1.807, 2.05) is 23.1 Å². The van der Waals surface area contributed by atoms with E-state index in [0.717, 1.165) is 24.9 Å². The number of fused-ring (bicyclic) bond motifs is 2. The van der Waals surface area contributed by atoms with Gasteiger partial charge in [0.15, 0.2) is 0 Å². The molecule has 2 bridgehead atoms. The third kappa shape index (κ3) is 4.99. The summed E-state index contributed by atoms with van der Waals surface area (Å²) < 4.78 is 11.3. The molecule has 1 aromatic carbocycles. The molecule has 1 amide bonds. The van der Waals surface area contributed by atoms with E-state index in [-0.39, 0.29) is 6.09 Å². The summed E-state index contributed by atoms with van der Waals surface area (Å²) in [5.74, 6) is 0.496. The molecule has 2 aliphatic heterocycles. The minimum atomic E-state index is -0.247. The molecule has 32 heavy (non-hydrogen) atoms. The number of hydrogen-bond donors (Lipinski definition) is 0. The van der Waals surface area contributed by atoms with E-state index >= 15 is 0 Å². The van der Waals surface area contributed by atoms with Crippen LogP contribution in [0.1, 0.15) is 29.5 Å². The predicted molar refractivity (Wildman–Crippen MR) is 116 cm³/mol. The number of aromatic nitrogens is 1. The SMILES string of the molecule is N#Cc1ccc(OCCN2C3CCC2CN(C(=O)OCCc2ccncc2)C3)c(C#N)c1. The number of piperazine rings is 1. The highest BCUT2D eigenvalue weighted by molar-refractivity contribution is 5.68. The lowest BCUT2D eigenvalue weighted by Gasteiger charge is -2.40. The topological polar surface area (TPSA) is 102 Å². The zero-order valence-electron chi connectivity index (χ0n) is 17.8. The Kier molecular flexibility index (Phi) is 6.84. The smallest absolute Gasteiger partial charge is 0.409 e. The molecular formula is C24H25N5O3. The Labute approximate surface area is 187 Å². The van der Waals surface area contributed by atoms with Crippen LogP contribution >= 0.6 is 0 Å². The van der Waals surface area contributed by atoms with Crippen LogP contribution in [0.25, 0.3) is 0 Å². The summed E-state index contributed by atoms with van der Waals surface area (Å²) in [6, 6.07) is 13.4. The normalized spacial score (nSPS) is 19.8. The van der Waals surface area contributed by atoms with E-state index in [1.54, 1.807) is 24.5 Å². The van der Waals surface area contributed by atoms with Crippen molar-refractivity contribution in [3.63, 3.8) is 0 Å². The van der Waals surface area contributed by atoms with Crippen LogP contribution in [0, 0.1) is 22.7 Å². The number of carbonyl (C=O) groups is 1. The summed E-state index contributed by atoms with van der Waals surface area (Å²) in [6.07, 6.45) is 6.00. The van der Waals surface area contributed by atoms with Gasteiger partial charge in [0.1, 0.15) is 18.4 Å². The van der Waals surface area contributed by atoms with Crippen LogP contribution in [0.3, 0.4) is 0 Å². The zero-order valence-corrected chi connectivity index (χ0v) is 17.8. The van der Waals surface area contributed by atoms with Crippen LogP contribution in [-0.4, -0.2) is 65.8 Å². The van der Waals surface area contributed by atoms with Gasteiger partial charge in [0, 0.05) is 50.5 Å². The molecule has 2 saturated heterocycles. The van der Waals surface area contributed by atoms with Gasteiger partial charge in [-0.05, 0) is 48.7 Å². The van der Waals surface area contributed by atoms with E-state index in [1.165, 1.54) is 6.07 Å². The zero-order chi connectivity index (χ0) is 22.3. The molecule has 3 heterocycles. The van der Waals surface area contributed by atoms with E-state index in [2.05, 4.69) is 16.0 Å². The minimum Gasteiger partial charge on any atom is -0.491 e. The van der Waals surface area contributed by atoms with Crippen LogP contribution in [0.5, 0.6) is 5.75 Å². The Morgan fingerprint density at radius 2 is 1.81 bits per heavy atom. The highest BCUT2D eigenvalue weighted by Crippen LogP contribution is 2.30. The van der Waals surface area contributed by atoms with Gasteiger partial charge < -0.3 is 14.4 Å². The molecule has 2 fully saturated rings. The molecule has 0 N–H and O–H groups in total. The Morgan fingerprint density at radius 3 is 2.50 bits per heavy atom. The van der Waals surface area contributed by atoms with Crippen molar-refractivity contribution in [2.75, 3.05) is 32.8 Å². The van der Waals surface area contributed by atoms with Crippen molar-refractivity contribution in [2.45, 2.75) is 31.3 Å². The Morgan fingerprint density at radius 1 is 1.06 bits per heavy atom. The van der Waals surface area contributed by atoms with Crippen molar-refractivity contribution in [3.05, 3.63) is 59.4 Å². The van der Waals surface area contributed by atoms with Crippen molar-refractivity contribution in [1.82, 2.24) is 14.8 Å². The van der Waals surface area contributed by atoms with Crippen molar-refractivity contribution in [3.8, 4) is 17.9 Å². The number of ether oxygens (including phenoxy) is 2. The maximum absolute atomic E-state index is 12.5. The number of rotatable bonds is 7. The number of hydrogen-bond acceptors (Lipinski definition) is 7. The summed E-state index contributed by atoms with van der Waals surface area (Å²) in [5.41, 5.74) is 1.90. The fourth-order valence-electron chi connectivity index (χ4n) is 4.48. The van der Waals surface area contributed by atoms with Crippen molar-refractivity contribution in [2.24, 2.45) is 0 Å². The maximum Gasteiger partial charge on any atom is 0.409 e. The molecule has 4 rings (SSSR count). The predicted octanol–water partition coefficient (Wildman–Crippen LogP) is 2.73. The Balaban J connectivity index is 1.24. The van der Waals surface area contributed by atoms with Gasteiger partial charge in [-0.15, -0.1) is 0 Å². The summed E-state index contributed by atoms with van der Waals surface area (Å²) in [4.78, 5) is 20.7. The van der Waals surface area contributed by atoms with Gasteiger partial charge in [0.05, 0.1) is 23.8 Å². The van der Waals surface area contributed by atoms with Gasteiger partial charge in [-0.1, -0.05) is 0 Å². The molecular weight excluding hydrogens is 406 g/mol. The van der Waals surface area contributed by atoms with Gasteiger partial charge in [0.25, 0.3) is 0 Å². The number of nitriles is 2. The number of benzene rings is 1. The number of likely N-dealkylation sites (tertiary alicyclic amines) is 1. The van der Waals surface area contributed by atoms with Crippen molar-refractivity contribution >= 4 is 6.09 Å². The largest absolute Gasteiger partial charge is 0.491 e. The summed E-state index contributed by atoms with van der Waals surface area (Å²) >= 11 is 0. The lowest BCUT2D eigenvalue weighted by atomic mass is 10.1. The molecule has 0 radical (unpaired) electrons. The number of amides is 1. The molecule has 8 nitrogen and oxygen atoms in total. The lowest BCUT2D eigenvalue weighted by molar-refractivity contribution is 0.0403. The Bertz CT molecular complexity index is 1020. The second kappa shape index (κ2) is 10.1. The van der Waals surface area contributed by atoms with Crippen LogP contribution in [0.4, 0.5) is 4.79 Å². The fraction of sp³-hybridized carbons (Fsp3) is 0.417. The second-order valence-electron chi connectivity index (χ2n) is 8.03. The number of pyridine rings is 1. The average Bonchev–Trinajstić information content (AvgIpc) is 3.06. The van der Waals surface area contributed by atoms with E-state index in [0.29, 0.717) is 61.7 Å². The Hall–Kier alpha value is -3.62. The molecule has 8 heteroatoms. The quantitative estimate of drug-likeness (QED) is 0.664. The van der Waals surface area contributed by atoms with E-state index < -0.39 is 0 Å². The first-order chi connectivity index (χ1) is 15.7. The van der Waals surface area contributed by atoms with Crippen LogP contribution in [0.2, 0.25) is 0 Å². The molecule has 2 unspecified atom stereocenters. The summed E-state index contributed by atoms with van der Waals surface area (Å²) in [7, 11) is 0. The van der Waals surface area contributed by atoms with Gasteiger partial charge >= 0.3 is 6.09 Å². The lowest BCUT2D eigenvalue weighted by Crippen LogP contribution is -2.56. The van der Waals surface area contributed by atoms with Gasteiger partial charge in [0.2, 0.25) is 0 Å². The highest BCUT2D eigenvalue weighted by Gasteiger charge is 2.41. The fourth-order valence-corrected chi connectivity index (χ4v) is 4.48. The van der Waals surface area contributed by atoms with E-state index in [4.69, 9.17) is 14.7 Å². The third-order valence-corrected chi connectivity index (χ3v) is 6.09. The minimum absolute atomic E-state index is 0.247. The summed E-state index contributed by atoms with van der Waals surface area (Å²) in [6.45, 7) is 2.85. The van der Waals surface area contributed by atoms with Crippen LogP contribution in [0.15, 0.2) is 42.7 Å². The molecule has 2 atom stereocenters. The molecule has 0 spiro atoms. The average molecular weight is 431 g/mol. The molecule has 1 aromatic heterocycles. The first-order valence-electron chi connectivity index (χ1n) is 10.8. The molecule has 164 valence electrons. The van der Waals surface area contributed by atoms with E-state index in [9.17, 15) is 10.1 Å². The maximum atomic E-state index is 12.5. The molecule has 0 aliphatic carbocycles. The monoisotopic (exact) mass is 431 g/mol. The molecule has 2 aromatic rings. The molecule has 0 saturated carbocycles. The number of nitrogens with zero attached hydrogens (tertiary/aromatic N) is 5. The van der Waals surface area contributed by atoms with Gasteiger partial charge in [-0.2, -0.15) is 10.5 Å². The van der Waals surface area contributed by atoms with Crippen LogP contribution in [-0.2, 0) is 11.2 Å². The highest BCUT2D eigenvalue weighted by atomic mass is 16.6. The van der Waals surface area contributed by atoms with Crippen molar-refractivity contribution < 1.29 is 14.3 Å². The standard InChI is InChI=1S/C24H25N5O3/c25-14-19-1-4-23(20(13-19)15-26)31-12-10-29-21-2-3-22(29)17-28(16-21)24(30)32-11-7-18-5-8-27-9-6-18/h1,4-6,8-9,13,21-22H,2-3,7,10-12,16-17H2. The summed E-state index contributed by atoms with van der Waals surface area (Å²) in [5, 5.41) is 18.3. The third-order valence-electron chi connectivity index (χ3n) is 6.09.